The number of hydrogen-bond donors (Lipinski definition) is 4. The van der Waals surface area contributed by atoms with Crippen molar-refractivity contribution in [3.63, 3.8) is 0 Å². The van der Waals surface area contributed by atoms with E-state index in [1.165, 1.54) is 6.20 Å². The number of rotatable bonds is 7. The van der Waals surface area contributed by atoms with E-state index in [1.807, 2.05) is 23.4 Å². The van der Waals surface area contributed by atoms with Crippen LogP contribution < -0.4 is 22.1 Å². The molecule has 1 amide bonds. The van der Waals surface area contributed by atoms with E-state index in [4.69, 9.17) is 11.5 Å². The van der Waals surface area contributed by atoms with Crippen LogP contribution in [0.2, 0.25) is 0 Å². The van der Waals surface area contributed by atoms with E-state index in [0.29, 0.717) is 28.3 Å². The molecule has 1 fully saturated rings. The van der Waals surface area contributed by atoms with E-state index in [2.05, 4.69) is 35.6 Å². The molecule has 0 aromatic carbocycles. The third-order valence-corrected chi connectivity index (χ3v) is 6.37. The highest BCUT2D eigenvalue weighted by molar-refractivity contribution is 7.99. The molecule has 4 rings (SSSR count). The van der Waals surface area contributed by atoms with Gasteiger partial charge in [-0.25, -0.2) is 15.0 Å². The summed E-state index contributed by atoms with van der Waals surface area (Å²) in [6.07, 6.45) is 10.1. The van der Waals surface area contributed by atoms with Crippen molar-refractivity contribution in [3.05, 3.63) is 36.3 Å². The zero-order valence-corrected chi connectivity index (χ0v) is 19.3. The van der Waals surface area contributed by atoms with Crippen LogP contribution in [0.25, 0.3) is 22.3 Å². The number of amides is 1. The number of pyridine rings is 1. The first-order valence-corrected chi connectivity index (χ1v) is 11.6. The largest absolute Gasteiger partial charge is 0.403 e. The van der Waals surface area contributed by atoms with Gasteiger partial charge in [0.05, 0.1) is 35.3 Å². The lowest BCUT2D eigenvalue weighted by Crippen LogP contribution is -2.20. The second-order valence-electron chi connectivity index (χ2n) is 7.51. The summed E-state index contributed by atoms with van der Waals surface area (Å²) in [5.41, 5.74) is 14.5. The average molecular weight is 467 g/mol. The number of thioether (sulfide) groups is 1. The van der Waals surface area contributed by atoms with E-state index in [1.54, 1.807) is 32.0 Å². The fourth-order valence-corrected chi connectivity index (χ4v) is 4.63. The Labute approximate surface area is 195 Å². The standard InChI is InChI=1S/C21H26N10OS/c1-24-20-17(14-9-25-10-15-16(14)27-11-31(15)2)29-18(19(23)32)21(30-20)28-13(7-22)8-26-12-3-5-33-6-4-12/h7-12H,3-6,22H2,1-2H3,(H2,23,32)(H2,24,28,30)/b13-7+,26-8?. The van der Waals surface area contributed by atoms with Gasteiger partial charge in [0.1, 0.15) is 11.2 Å². The first-order valence-electron chi connectivity index (χ1n) is 10.5. The van der Waals surface area contributed by atoms with Crippen LogP contribution in [0.15, 0.2) is 35.6 Å². The number of aryl methyl sites for hydroxylation is 1. The van der Waals surface area contributed by atoms with Crippen LogP contribution in [-0.4, -0.2) is 61.2 Å². The maximum Gasteiger partial charge on any atom is 0.271 e. The van der Waals surface area contributed by atoms with E-state index < -0.39 is 5.91 Å². The smallest absolute Gasteiger partial charge is 0.271 e. The molecule has 0 radical (unpaired) electrons. The zero-order chi connectivity index (χ0) is 23.4. The summed E-state index contributed by atoms with van der Waals surface area (Å²) in [5, 5.41) is 6.08. The Morgan fingerprint density at radius 3 is 2.76 bits per heavy atom. The molecule has 0 spiro atoms. The molecule has 11 nitrogen and oxygen atoms in total. The number of nitrogens with two attached hydrogens (primary N) is 2. The minimum Gasteiger partial charge on any atom is -0.403 e. The van der Waals surface area contributed by atoms with Gasteiger partial charge in [0.15, 0.2) is 17.3 Å². The molecule has 33 heavy (non-hydrogen) atoms. The van der Waals surface area contributed by atoms with Crippen molar-refractivity contribution in [1.29, 1.82) is 0 Å². The number of carbonyl (C=O) groups excluding carboxylic acids is 1. The van der Waals surface area contributed by atoms with Crippen LogP contribution >= 0.6 is 11.8 Å². The minimum atomic E-state index is -0.729. The summed E-state index contributed by atoms with van der Waals surface area (Å²) in [6.45, 7) is 0. The van der Waals surface area contributed by atoms with Gasteiger partial charge >= 0.3 is 0 Å². The molecule has 0 atom stereocenters. The normalized spacial score (nSPS) is 15.3. The SMILES string of the molecule is CNc1nc(N/C(C=NC2CCSCC2)=C/N)c(C(N)=O)nc1-c1cncc2c1ncn2C. The highest BCUT2D eigenvalue weighted by atomic mass is 32.2. The number of fused-ring (bicyclic) bond motifs is 1. The van der Waals surface area contributed by atoms with Crippen molar-refractivity contribution >= 4 is 46.6 Å². The summed E-state index contributed by atoms with van der Waals surface area (Å²) in [6, 6.07) is 0.256. The average Bonchev–Trinajstić information content (AvgIpc) is 3.22. The van der Waals surface area contributed by atoms with Gasteiger partial charge in [-0.2, -0.15) is 11.8 Å². The third-order valence-electron chi connectivity index (χ3n) is 5.32. The van der Waals surface area contributed by atoms with Crippen molar-refractivity contribution in [1.82, 2.24) is 24.5 Å². The molecular weight excluding hydrogens is 440 g/mol. The van der Waals surface area contributed by atoms with Crippen molar-refractivity contribution < 1.29 is 4.79 Å². The molecule has 12 heteroatoms. The second-order valence-corrected chi connectivity index (χ2v) is 8.74. The first-order chi connectivity index (χ1) is 16.0. The molecule has 1 aliphatic heterocycles. The predicted octanol–water partition coefficient (Wildman–Crippen LogP) is 1.74. The monoisotopic (exact) mass is 466 g/mol. The van der Waals surface area contributed by atoms with Gasteiger partial charge in [0, 0.05) is 32.7 Å². The minimum absolute atomic E-state index is 0.0289. The molecule has 3 aromatic rings. The Morgan fingerprint density at radius 2 is 2.06 bits per heavy atom. The Morgan fingerprint density at radius 1 is 1.27 bits per heavy atom. The number of nitrogens with one attached hydrogen (secondary N) is 2. The lowest BCUT2D eigenvalue weighted by atomic mass is 10.1. The molecule has 0 unspecified atom stereocenters. The number of imidazole rings is 1. The summed E-state index contributed by atoms with van der Waals surface area (Å²) >= 11 is 1.94. The fourth-order valence-electron chi connectivity index (χ4n) is 3.55. The molecule has 4 heterocycles. The van der Waals surface area contributed by atoms with Gasteiger partial charge in [-0.15, -0.1) is 0 Å². The van der Waals surface area contributed by atoms with E-state index in [0.717, 1.165) is 29.9 Å². The Kier molecular flexibility index (Phi) is 6.73. The highest BCUT2D eigenvalue weighted by Crippen LogP contribution is 2.31. The van der Waals surface area contributed by atoms with Crippen LogP contribution in [0, 0.1) is 0 Å². The third kappa shape index (κ3) is 4.75. The number of nitrogens with zero attached hydrogens (tertiary/aromatic N) is 6. The molecule has 6 N–H and O–H groups in total. The topological polar surface area (TPSA) is 162 Å². The molecule has 0 aliphatic carbocycles. The van der Waals surface area contributed by atoms with Crippen molar-refractivity contribution in [2.75, 3.05) is 29.2 Å². The van der Waals surface area contributed by atoms with Gasteiger partial charge in [0.2, 0.25) is 0 Å². The van der Waals surface area contributed by atoms with Crippen LogP contribution in [0.4, 0.5) is 11.6 Å². The molecule has 0 bridgehead atoms. The van der Waals surface area contributed by atoms with Crippen LogP contribution in [0.1, 0.15) is 23.3 Å². The number of primary amides is 1. The number of carbonyl (C=O) groups is 1. The van der Waals surface area contributed by atoms with E-state index >= 15 is 0 Å². The molecular formula is C21H26N10OS. The summed E-state index contributed by atoms with van der Waals surface area (Å²) in [7, 11) is 3.59. The molecule has 1 saturated heterocycles. The lowest BCUT2D eigenvalue weighted by Gasteiger charge is -2.17. The van der Waals surface area contributed by atoms with Gasteiger partial charge in [-0.1, -0.05) is 0 Å². The maximum atomic E-state index is 12.3. The number of aromatic nitrogens is 5. The highest BCUT2D eigenvalue weighted by Gasteiger charge is 2.21. The number of anilines is 2. The van der Waals surface area contributed by atoms with Crippen LogP contribution in [0.3, 0.4) is 0 Å². The van der Waals surface area contributed by atoms with Crippen molar-refractivity contribution in [2.45, 2.75) is 18.9 Å². The maximum absolute atomic E-state index is 12.3. The van der Waals surface area contributed by atoms with E-state index in [-0.39, 0.29) is 17.6 Å². The van der Waals surface area contributed by atoms with Crippen molar-refractivity contribution in [3.8, 4) is 11.3 Å². The lowest BCUT2D eigenvalue weighted by molar-refractivity contribution is 0.0996. The molecule has 1 aliphatic rings. The quantitative estimate of drug-likeness (QED) is 0.380. The summed E-state index contributed by atoms with van der Waals surface area (Å²) in [5.74, 6) is 2.07. The van der Waals surface area contributed by atoms with Gasteiger partial charge in [-0.05, 0) is 24.3 Å². The van der Waals surface area contributed by atoms with Crippen LogP contribution in [0.5, 0.6) is 0 Å². The first kappa shape index (κ1) is 22.5. The predicted molar refractivity (Wildman–Crippen MR) is 132 cm³/mol. The van der Waals surface area contributed by atoms with Crippen molar-refractivity contribution in [2.24, 2.45) is 23.5 Å². The molecule has 3 aromatic heterocycles. The van der Waals surface area contributed by atoms with Crippen LogP contribution in [-0.2, 0) is 7.05 Å². The fraction of sp³-hybridized carbons (Fsp3) is 0.333. The Bertz CT molecular complexity index is 1230. The zero-order valence-electron chi connectivity index (χ0n) is 18.4. The Hall–Kier alpha value is -3.67. The van der Waals surface area contributed by atoms with Gasteiger partial charge in [0.25, 0.3) is 5.91 Å². The number of allylic oxidation sites excluding steroid dienone is 1. The second kappa shape index (κ2) is 9.86. The molecule has 0 saturated carbocycles. The number of hydrogen-bond acceptors (Lipinski definition) is 10. The van der Waals surface area contributed by atoms with Gasteiger partial charge < -0.3 is 26.7 Å². The number of aliphatic imine (C=N–C) groups is 1. The van der Waals surface area contributed by atoms with Gasteiger partial charge in [-0.3, -0.25) is 14.8 Å². The summed E-state index contributed by atoms with van der Waals surface area (Å²) in [4.78, 5) is 34.8. The summed E-state index contributed by atoms with van der Waals surface area (Å²) < 4.78 is 1.85. The Balaban J connectivity index is 1.72. The van der Waals surface area contributed by atoms with E-state index in [9.17, 15) is 4.79 Å². The molecule has 172 valence electrons.